The number of amidine groups is 2. The van der Waals surface area contributed by atoms with E-state index in [-0.39, 0.29) is 36.7 Å². The SMILES string of the molecule is COC(=O)CCN(C)C(=O)C1SC(=NC(=O)c2ccc(C(=N)N)cc2)N(C)C1C. The van der Waals surface area contributed by atoms with Crippen molar-refractivity contribution in [2.75, 3.05) is 27.7 Å². The Morgan fingerprint density at radius 3 is 2.41 bits per heavy atom. The molecule has 0 saturated carbocycles. The van der Waals surface area contributed by atoms with E-state index in [0.717, 1.165) is 0 Å². The van der Waals surface area contributed by atoms with Crippen molar-refractivity contribution in [2.45, 2.75) is 24.6 Å². The summed E-state index contributed by atoms with van der Waals surface area (Å²) in [4.78, 5) is 44.0. The number of carbonyl (C=O) groups is 3. The van der Waals surface area contributed by atoms with E-state index in [0.29, 0.717) is 16.3 Å². The van der Waals surface area contributed by atoms with Crippen LogP contribution < -0.4 is 5.73 Å². The van der Waals surface area contributed by atoms with Crippen LogP contribution >= 0.6 is 11.8 Å². The summed E-state index contributed by atoms with van der Waals surface area (Å²) < 4.78 is 4.60. The largest absolute Gasteiger partial charge is 0.469 e. The minimum absolute atomic E-state index is 0.0760. The number of hydrogen-bond acceptors (Lipinski definition) is 6. The molecule has 0 radical (unpaired) electrons. The summed E-state index contributed by atoms with van der Waals surface area (Å²) in [5.41, 5.74) is 6.31. The number of nitrogen functional groups attached to an aromatic ring is 1. The Bertz CT molecular complexity index is 840. The number of nitrogens with two attached hydrogens (primary N) is 1. The number of methoxy groups -OCH3 is 1. The predicted octanol–water partition coefficient (Wildman–Crippen LogP) is 0.924. The number of amides is 2. The highest BCUT2D eigenvalue weighted by atomic mass is 32.2. The average molecular weight is 420 g/mol. The van der Waals surface area contributed by atoms with Crippen LogP contribution in [0.5, 0.6) is 0 Å². The molecular formula is C19H25N5O4S. The lowest BCUT2D eigenvalue weighted by molar-refractivity contribution is -0.141. The molecular weight excluding hydrogens is 394 g/mol. The zero-order chi connectivity index (χ0) is 21.7. The fourth-order valence-electron chi connectivity index (χ4n) is 2.67. The molecule has 2 rings (SSSR count). The van der Waals surface area contributed by atoms with Gasteiger partial charge in [0.25, 0.3) is 5.91 Å². The lowest BCUT2D eigenvalue weighted by atomic mass is 10.1. The molecule has 10 heteroatoms. The van der Waals surface area contributed by atoms with Gasteiger partial charge in [0, 0.05) is 37.8 Å². The maximum Gasteiger partial charge on any atom is 0.307 e. The standard InChI is InChI=1S/C19H25N5O4S/c1-11-15(18(27)23(2)10-9-14(25)28-4)29-19(24(11)3)22-17(26)13-7-5-12(6-8-13)16(20)21/h5-8,11,15H,9-10H2,1-4H3,(H3,20,21). The van der Waals surface area contributed by atoms with Crippen molar-refractivity contribution < 1.29 is 19.1 Å². The topological polar surface area (TPSA) is 129 Å². The highest BCUT2D eigenvalue weighted by molar-refractivity contribution is 8.15. The normalized spacial score (nSPS) is 19.9. The van der Waals surface area contributed by atoms with Gasteiger partial charge in [-0.3, -0.25) is 19.8 Å². The Labute approximate surface area is 173 Å². The summed E-state index contributed by atoms with van der Waals surface area (Å²) >= 11 is 1.23. The third kappa shape index (κ3) is 5.35. The molecule has 9 nitrogen and oxygen atoms in total. The molecule has 0 spiro atoms. The highest BCUT2D eigenvalue weighted by Gasteiger charge is 2.40. The Hall–Kier alpha value is -2.88. The van der Waals surface area contributed by atoms with Gasteiger partial charge in [0.15, 0.2) is 5.17 Å². The van der Waals surface area contributed by atoms with E-state index >= 15 is 0 Å². The quantitative estimate of drug-likeness (QED) is 0.398. The van der Waals surface area contributed by atoms with E-state index in [1.54, 1.807) is 43.3 Å². The number of nitrogens with one attached hydrogen (secondary N) is 1. The third-order valence-corrected chi connectivity index (χ3v) is 6.16. The summed E-state index contributed by atoms with van der Waals surface area (Å²) in [6.45, 7) is 2.14. The summed E-state index contributed by atoms with van der Waals surface area (Å²) in [5.74, 6) is -1.03. The fourth-order valence-corrected chi connectivity index (χ4v) is 4.02. The van der Waals surface area contributed by atoms with Crippen LogP contribution in [0.1, 0.15) is 29.3 Å². The van der Waals surface area contributed by atoms with E-state index in [1.165, 1.54) is 23.8 Å². The van der Waals surface area contributed by atoms with E-state index in [9.17, 15) is 14.4 Å². The van der Waals surface area contributed by atoms with Crippen molar-refractivity contribution in [1.29, 1.82) is 5.41 Å². The maximum atomic E-state index is 12.8. The monoisotopic (exact) mass is 419 g/mol. The smallest absolute Gasteiger partial charge is 0.307 e. The van der Waals surface area contributed by atoms with Crippen molar-refractivity contribution in [2.24, 2.45) is 10.7 Å². The third-order valence-electron chi connectivity index (χ3n) is 4.72. The Kier molecular flexibility index (Phi) is 7.38. The molecule has 156 valence electrons. The van der Waals surface area contributed by atoms with Crippen molar-refractivity contribution >= 4 is 40.5 Å². The van der Waals surface area contributed by atoms with Crippen molar-refractivity contribution in [1.82, 2.24) is 9.80 Å². The molecule has 1 heterocycles. The number of nitrogens with zero attached hydrogens (tertiary/aromatic N) is 3. The van der Waals surface area contributed by atoms with Gasteiger partial charge in [-0.2, -0.15) is 4.99 Å². The Morgan fingerprint density at radius 1 is 1.28 bits per heavy atom. The van der Waals surface area contributed by atoms with Gasteiger partial charge in [0.05, 0.1) is 13.5 Å². The Balaban J connectivity index is 2.09. The lowest BCUT2D eigenvalue weighted by Gasteiger charge is -2.24. The van der Waals surface area contributed by atoms with Crippen LogP contribution in [0.2, 0.25) is 0 Å². The molecule has 1 aliphatic rings. The molecule has 1 aromatic rings. The number of thioether (sulfide) groups is 1. The molecule has 2 amide bonds. The first-order valence-corrected chi connectivity index (χ1v) is 9.82. The zero-order valence-corrected chi connectivity index (χ0v) is 17.7. The number of rotatable bonds is 6. The van der Waals surface area contributed by atoms with E-state index in [4.69, 9.17) is 11.1 Å². The summed E-state index contributed by atoms with van der Waals surface area (Å²) in [6.07, 6.45) is 0.121. The lowest BCUT2D eigenvalue weighted by Crippen LogP contribution is -2.42. The number of benzene rings is 1. The molecule has 1 aromatic carbocycles. The van der Waals surface area contributed by atoms with Gasteiger partial charge in [0.2, 0.25) is 5.91 Å². The van der Waals surface area contributed by atoms with Crippen molar-refractivity contribution in [3.05, 3.63) is 35.4 Å². The molecule has 1 fully saturated rings. The molecule has 29 heavy (non-hydrogen) atoms. The first kappa shape index (κ1) is 22.4. The highest BCUT2D eigenvalue weighted by Crippen LogP contribution is 2.32. The van der Waals surface area contributed by atoms with Crippen LogP contribution in [0.15, 0.2) is 29.3 Å². The van der Waals surface area contributed by atoms with Crippen molar-refractivity contribution in [3.8, 4) is 0 Å². The predicted molar refractivity (Wildman–Crippen MR) is 112 cm³/mol. The second kappa shape index (κ2) is 9.55. The van der Waals surface area contributed by atoms with Gasteiger partial charge in [-0.25, -0.2) is 0 Å². The average Bonchev–Trinajstić information content (AvgIpc) is 2.99. The molecule has 0 aliphatic carbocycles. The van der Waals surface area contributed by atoms with Gasteiger partial charge >= 0.3 is 5.97 Å². The van der Waals surface area contributed by atoms with Gasteiger partial charge in [-0.1, -0.05) is 23.9 Å². The second-order valence-electron chi connectivity index (χ2n) is 6.67. The molecule has 1 saturated heterocycles. The first-order valence-electron chi connectivity index (χ1n) is 8.94. The summed E-state index contributed by atoms with van der Waals surface area (Å²) in [7, 11) is 4.72. The minimum Gasteiger partial charge on any atom is -0.469 e. The molecule has 2 atom stereocenters. The van der Waals surface area contributed by atoms with Gasteiger partial charge in [-0.15, -0.1) is 0 Å². The molecule has 2 unspecified atom stereocenters. The van der Waals surface area contributed by atoms with E-state index < -0.39 is 11.2 Å². The fraction of sp³-hybridized carbons (Fsp3) is 0.421. The zero-order valence-electron chi connectivity index (χ0n) is 16.8. The van der Waals surface area contributed by atoms with Gasteiger partial charge in [-0.05, 0) is 19.1 Å². The van der Waals surface area contributed by atoms with Crippen LogP contribution in [0.25, 0.3) is 0 Å². The maximum absolute atomic E-state index is 12.8. The number of esters is 1. The minimum atomic E-state index is -0.436. The van der Waals surface area contributed by atoms with Gasteiger partial charge < -0.3 is 20.3 Å². The summed E-state index contributed by atoms with van der Waals surface area (Å²) in [5, 5.41) is 7.42. The molecule has 1 aliphatic heterocycles. The first-order chi connectivity index (χ1) is 13.6. The van der Waals surface area contributed by atoms with Crippen LogP contribution in [-0.4, -0.2) is 77.6 Å². The molecule has 0 bridgehead atoms. The van der Waals surface area contributed by atoms with E-state index in [1.807, 2.05) is 6.92 Å². The van der Waals surface area contributed by atoms with Crippen LogP contribution in [0.3, 0.4) is 0 Å². The number of hydrogen-bond donors (Lipinski definition) is 2. The van der Waals surface area contributed by atoms with E-state index in [2.05, 4.69) is 9.73 Å². The number of aliphatic imine (C=N–C) groups is 1. The number of carbonyl (C=O) groups excluding carboxylic acids is 3. The van der Waals surface area contributed by atoms with Gasteiger partial charge in [0.1, 0.15) is 11.1 Å². The number of ether oxygens (including phenoxy) is 1. The molecule has 3 N–H and O–H groups in total. The van der Waals surface area contributed by atoms with Crippen LogP contribution in [-0.2, 0) is 14.3 Å². The van der Waals surface area contributed by atoms with Crippen molar-refractivity contribution in [3.63, 3.8) is 0 Å². The summed E-state index contributed by atoms with van der Waals surface area (Å²) in [6, 6.07) is 6.14. The van der Waals surface area contributed by atoms with Crippen LogP contribution in [0, 0.1) is 5.41 Å². The molecule has 0 aromatic heterocycles. The van der Waals surface area contributed by atoms with Crippen LogP contribution in [0.4, 0.5) is 0 Å². The Morgan fingerprint density at radius 2 is 1.86 bits per heavy atom. The second-order valence-corrected chi connectivity index (χ2v) is 7.78.